The smallest absolute Gasteiger partial charge is 0.252 e. The van der Waals surface area contributed by atoms with Gasteiger partial charge in [0.2, 0.25) is 0 Å². The van der Waals surface area contributed by atoms with Crippen molar-refractivity contribution in [3.63, 3.8) is 0 Å². The van der Waals surface area contributed by atoms with Gasteiger partial charge in [-0.25, -0.2) is 0 Å². The fraction of sp³-hybridized carbons (Fsp3) is 0.312. The van der Waals surface area contributed by atoms with Gasteiger partial charge in [-0.05, 0) is 31.0 Å². The summed E-state index contributed by atoms with van der Waals surface area (Å²) in [5, 5.41) is 3.35. The van der Waals surface area contributed by atoms with Crippen molar-refractivity contribution >= 4 is 0 Å². The Morgan fingerprint density at radius 1 is 1.25 bits per heavy atom. The number of nitrogens with one attached hydrogen (secondary N) is 2. The lowest BCUT2D eigenvalue weighted by Crippen LogP contribution is -2.22. The van der Waals surface area contributed by atoms with Gasteiger partial charge in [0.1, 0.15) is 5.75 Å². The summed E-state index contributed by atoms with van der Waals surface area (Å²) in [6.45, 7) is 0.631. The molecular weight excluding hydrogens is 252 g/mol. The molecule has 1 aromatic carbocycles. The Bertz CT molecular complexity index is 660. The van der Waals surface area contributed by atoms with Crippen LogP contribution in [0.15, 0.2) is 41.2 Å². The van der Waals surface area contributed by atoms with Crippen LogP contribution in [0.1, 0.15) is 18.4 Å². The fourth-order valence-electron chi connectivity index (χ4n) is 2.21. The molecule has 1 aromatic heterocycles. The standard InChI is InChI=1S/C16H18N2O2/c1-20-15-5-3-2-4-13(15)14-9-6-11(16(19)18-14)10-17-12-7-8-12/h2-6,9,12,17H,7-8,10H2,1H3,(H,18,19). The molecule has 0 spiro atoms. The highest BCUT2D eigenvalue weighted by atomic mass is 16.5. The average molecular weight is 270 g/mol. The number of ether oxygens (including phenoxy) is 1. The maximum Gasteiger partial charge on any atom is 0.252 e. The quantitative estimate of drug-likeness (QED) is 0.876. The number of aromatic amines is 1. The van der Waals surface area contributed by atoms with Gasteiger partial charge >= 0.3 is 0 Å². The van der Waals surface area contributed by atoms with E-state index in [1.165, 1.54) is 12.8 Å². The van der Waals surface area contributed by atoms with Gasteiger partial charge in [0, 0.05) is 23.7 Å². The molecule has 3 rings (SSSR count). The van der Waals surface area contributed by atoms with Crippen molar-refractivity contribution in [2.24, 2.45) is 0 Å². The Kier molecular flexibility index (Phi) is 3.56. The van der Waals surface area contributed by atoms with E-state index >= 15 is 0 Å². The van der Waals surface area contributed by atoms with E-state index in [1.807, 2.05) is 36.4 Å². The summed E-state index contributed by atoms with van der Waals surface area (Å²) in [6.07, 6.45) is 2.44. The van der Waals surface area contributed by atoms with E-state index in [9.17, 15) is 4.79 Å². The largest absolute Gasteiger partial charge is 0.496 e. The molecule has 4 nitrogen and oxygen atoms in total. The van der Waals surface area contributed by atoms with Gasteiger partial charge in [-0.1, -0.05) is 18.2 Å². The Hall–Kier alpha value is -2.07. The van der Waals surface area contributed by atoms with E-state index in [4.69, 9.17) is 4.74 Å². The van der Waals surface area contributed by atoms with Crippen LogP contribution in [0.25, 0.3) is 11.3 Å². The summed E-state index contributed by atoms with van der Waals surface area (Å²) in [4.78, 5) is 15.0. The zero-order valence-electron chi connectivity index (χ0n) is 11.5. The van der Waals surface area contributed by atoms with Crippen LogP contribution in [0.4, 0.5) is 0 Å². The van der Waals surface area contributed by atoms with Crippen LogP contribution in [0.3, 0.4) is 0 Å². The molecule has 0 aliphatic heterocycles. The van der Waals surface area contributed by atoms with Gasteiger partial charge in [-0.15, -0.1) is 0 Å². The molecule has 0 amide bonds. The number of hydrogen-bond acceptors (Lipinski definition) is 3. The molecule has 1 heterocycles. The third kappa shape index (κ3) is 2.75. The Balaban J connectivity index is 1.87. The Labute approximate surface area is 117 Å². The van der Waals surface area contributed by atoms with Crippen molar-refractivity contribution in [1.29, 1.82) is 0 Å². The van der Waals surface area contributed by atoms with Crippen molar-refractivity contribution in [2.45, 2.75) is 25.4 Å². The molecule has 1 aliphatic carbocycles. The summed E-state index contributed by atoms with van der Waals surface area (Å²) in [5.74, 6) is 0.756. The fourth-order valence-corrected chi connectivity index (χ4v) is 2.21. The maximum atomic E-state index is 12.1. The van der Waals surface area contributed by atoms with E-state index in [2.05, 4.69) is 10.3 Å². The van der Waals surface area contributed by atoms with E-state index in [0.29, 0.717) is 12.6 Å². The number of rotatable bonds is 5. The molecule has 4 heteroatoms. The van der Waals surface area contributed by atoms with Crippen LogP contribution in [0, 0.1) is 0 Å². The molecule has 2 N–H and O–H groups in total. The number of aromatic nitrogens is 1. The molecule has 0 unspecified atom stereocenters. The minimum atomic E-state index is -0.0402. The number of hydrogen-bond donors (Lipinski definition) is 2. The highest BCUT2D eigenvalue weighted by Gasteiger charge is 2.20. The van der Waals surface area contributed by atoms with Gasteiger partial charge in [0.25, 0.3) is 5.56 Å². The van der Waals surface area contributed by atoms with Crippen LogP contribution in [0.2, 0.25) is 0 Å². The van der Waals surface area contributed by atoms with Crippen molar-refractivity contribution < 1.29 is 4.74 Å². The lowest BCUT2D eigenvalue weighted by atomic mass is 10.1. The molecule has 1 fully saturated rings. The lowest BCUT2D eigenvalue weighted by molar-refractivity contribution is 0.416. The zero-order valence-corrected chi connectivity index (χ0v) is 11.5. The van der Waals surface area contributed by atoms with Crippen molar-refractivity contribution in [3.8, 4) is 17.0 Å². The summed E-state index contributed by atoms with van der Waals surface area (Å²) in [5.41, 5.74) is 2.41. The topological polar surface area (TPSA) is 54.1 Å². The Morgan fingerprint density at radius 3 is 2.75 bits per heavy atom. The monoisotopic (exact) mass is 270 g/mol. The van der Waals surface area contributed by atoms with E-state index in [1.54, 1.807) is 7.11 Å². The highest BCUT2D eigenvalue weighted by molar-refractivity contribution is 5.66. The third-order valence-electron chi connectivity index (χ3n) is 3.55. The predicted octanol–water partition coefficient (Wildman–Crippen LogP) is 2.30. The second-order valence-electron chi connectivity index (χ2n) is 5.08. The van der Waals surface area contributed by atoms with Gasteiger partial charge in [0.05, 0.1) is 12.8 Å². The molecule has 0 saturated heterocycles. The molecule has 0 radical (unpaired) electrons. The minimum Gasteiger partial charge on any atom is -0.496 e. The molecule has 104 valence electrons. The average Bonchev–Trinajstić information content (AvgIpc) is 3.30. The lowest BCUT2D eigenvalue weighted by Gasteiger charge is -2.09. The SMILES string of the molecule is COc1ccccc1-c1ccc(CNC2CC2)c(=O)[nH]1. The summed E-state index contributed by atoms with van der Waals surface area (Å²) < 4.78 is 5.32. The maximum absolute atomic E-state index is 12.1. The van der Waals surface area contributed by atoms with Gasteiger partial charge in [-0.2, -0.15) is 0 Å². The number of para-hydroxylation sites is 1. The first-order valence-electron chi connectivity index (χ1n) is 6.87. The van der Waals surface area contributed by atoms with E-state index in [0.717, 1.165) is 22.6 Å². The molecule has 1 saturated carbocycles. The predicted molar refractivity (Wildman–Crippen MR) is 78.9 cm³/mol. The van der Waals surface area contributed by atoms with Gasteiger partial charge in [0.15, 0.2) is 0 Å². The second kappa shape index (κ2) is 5.51. The van der Waals surface area contributed by atoms with Crippen molar-refractivity contribution in [3.05, 3.63) is 52.3 Å². The molecular formula is C16H18N2O2. The normalized spacial score (nSPS) is 14.2. The van der Waals surface area contributed by atoms with Crippen molar-refractivity contribution in [2.75, 3.05) is 7.11 Å². The summed E-state index contributed by atoms with van der Waals surface area (Å²) in [7, 11) is 1.63. The molecule has 1 aliphatic rings. The van der Waals surface area contributed by atoms with Crippen LogP contribution in [-0.2, 0) is 6.54 Å². The van der Waals surface area contributed by atoms with Crippen molar-refractivity contribution in [1.82, 2.24) is 10.3 Å². The zero-order chi connectivity index (χ0) is 13.9. The number of pyridine rings is 1. The number of methoxy groups -OCH3 is 1. The minimum absolute atomic E-state index is 0.0402. The second-order valence-corrected chi connectivity index (χ2v) is 5.08. The summed E-state index contributed by atoms with van der Waals surface area (Å²) >= 11 is 0. The third-order valence-corrected chi connectivity index (χ3v) is 3.55. The van der Waals surface area contributed by atoms with E-state index in [-0.39, 0.29) is 5.56 Å². The number of H-pyrrole nitrogens is 1. The van der Waals surface area contributed by atoms with Crippen LogP contribution in [-0.4, -0.2) is 18.1 Å². The molecule has 20 heavy (non-hydrogen) atoms. The van der Waals surface area contributed by atoms with Crippen LogP contribution in [0.5, 0.6) is 5.75 Å². The van der Waals surface area contributed by atoms with Gasteiger partial charge < -0.3 is 15.0 Å². The molecule has 2 aromatic rings. The molecule has 0 bridgehead atoms. The first-order chi connectivity index (χ1) is 9.78. The first-order valence-corrected chi connectivity index (χ1v) is 6.87. The Morgan fingerprint density at radius 2 is 2.05 bits per heavy atom. The molecule has 0 atom stereocenters. The first kappa shape index (κ1) is 12.9. The van der Waals surface area contributed by atoms with Crippen LogP contribution >= 0.6 is 0 Å². The van der Waals surface area contributed by atoms with E-state index < -0.39 is 0 Å². The summed E-state index contributed by atoms with van der Waals surface area (Å²) in [6, 6.07) is 12.1. The van der Waals surface area contributed by atoms with Crippen LogP contribution < -0.4 is 15.6 Å². The van der Waals surface area contributed by atoms with Gasteiger partial charge in [-0.3, -0.25) is 4.79 Å². The highest BCUT2D eigenvalue weighted by Crippen LogP contribution is 2.27. The number of benzene rings is 1.